The molecule has 0 spiro atoms. The third-order valence-electron chi connectivity index (χ3n) is 3.95. The molecule has 2 N–H and O–H groups in total. The SMILES string of the molecule is O=C(O)C1CCCN1C(=O)NCCN1CCCCC1. The zero-order valence-electron chi connectivity index (χ0n) is 11.3. The van der Waals surface area contributed by atoms with Crippen LogP contribution in [0.3, 0.4) is 0 Å². The Bertz CT molecular complexity index is 329. The van der Waals surface area contributed by atoms with Crippen LogP contribution in [0, 0.1) is 0 Å². The van der Waals surface area contributed by atoms with Crippen molar-refractivity contribution >= 4 is 12.0 Å². The molecule has 0 aromatic rings. The van der Waals surface area contributed by atoms with Crippen molar-refractivity contribution in [3.63, 3.8) is 0 Å². The van der Waals surface area contributed by atoms with Crippen molar-refractivity contribution in [3.8, 4) is 0 Å². The van der Waals surface area contributed by atoms with Gasteiger partial charge in [0.05, 0.1) is 0 Å². The van der Waals surface area contributed by atoms with E-state index in [0.717, 1.165) is 26.1 Å². The van der Waals surface area contributed by atoms with Crippen LogP contribution in [0.1, 0.15) is 32.1 Å². The van der Waals surface area contributed by atoms with Gasteiger partial charge in [-0.15, -0.1) is 0 Å². The molecule has 0 aromatic carbocycles. The van der Waals surface area contributed by atoms with E-state index in [4.69, 9.17) is 5.11 Å². The van der Waals surface area contributed by atoms with Crippen molar-refractivity contribution in [3.05, 3.63) is 0 Å². The number of rotatable bonds is 4. The summed E-state index contributed by atoms with van der Waals surface area (Å²) in [6, 6.07) is -0.878. The van der Waals surface area contributed by atoms with Gasteiger partial charge in [0.25, 0.3) is 0 Å². The van der Waals surface area contributed by atoms with Gasteiger partial charge in [0.1, 0.15) is 6.04 Å². The average Bonchev–Trinajstić information content (AvgIpc) is 2.89. The molecule has 0 saturated carbocycles. The first-order valence-corrected chi connectivity index (χ1v) is 7.18. The lowest BCUT2D eigenvalue weighted by Crippen LogP contribution is -2.47. The van der Waals surface area contributed by atoms with Crippen LogP contribution in [0.25, 0.3) is 0 Å². The molecule has 6 heteroatoms. The van der Waals surface area contributed by atoms with E-state index in [1.54, 1.807) is 0 Å². The maximum absolute atomic E-state index is 11.9. The monoisotopic (exact) mass is 269 g/mol. The second-order valence-electron chi connectivity index (χ2n) is 5.32. The fourth-order valence-corrected chi connectivity index (χ4v) is 2.87. The molecule has 1 unspecified atom stereocenters. The highest BCUT2D eigenvalue weighted by molar-refractivity contribution is 5.83. The number of carbonyl (C=O) groups is 2. The zero-order chi connectivity index (χ0) is 13.7. The summed E-state index contributed by atoms with van der Waals surface area (Å²) >= 11 is 0. The van der Waals surface area contributed by atoms with Gasteiger partial charge in [-0.25, -0.2) is 9.59 Å². The Balaban J connectivity index is 1.70. The first-order chi connectivity index (χ1) is 9.18. The van der Waals surface area contributed by atoms with Gasteiger partial charge < -0.3 is 20.2 Å². The van der Waals surface area contributed by atoms with Crippen molar-refractivity contribution in [1.29, 1.82) is 0 Å². The number of hydrogen-bond donors (Lipinski definition) is 2. The number of carbonyl (C=O) groups excluding carboxylic acids is 1. The van der Waals surface area contributed by atoms with E-state index in [1.807, 2.05) is 0 Å². The largest absolute Gasteiger partial charge is 0.480 e. The van der Waals surface area contributed by atoms with E-state index in [-0.39, 0.29) is 6.03 Å². The first kappa shape index (κ1) is 14.1. The predicted octanol–water partition coefficient (Wildman–Crippen LogP) is 0.731. The van der Waals surface area contributed by atoms with Crippen molar-refractivity contribution in [2.75, 3.05) is 32.7 Å². The normalized spacial score (nSPS) is 24.4. The second kappa shape index (κ2) is 6.75. The Morgan fingerprint density at radius 1 is 1.11 bits per heavy atom. The Morgan fingerprint density at radius 2 is 1.84 bits per heavy atom. The topological polar surface area (TPSA) is 72.9 Å². The fraction of sp³-hybridized carbons (Fsp3) is 0.846. The maximum atomic E-state index is 11.9. The van der Waals surface area contributed by atoms with E-state index >= 15 is 0 Å². The summed E-state index contributed by atoms with van der Waals surface area (Å²) in [5.41, 5.74) is 0. The minimum atomic E-state index is -0.899. The van der Waals surface area contributed by atoms with Gasteiger partial charge in [-0.05, 0) is 38.8 Å². The van der Waals surface area contributed by atoms with Crippen LogP contribution >= 0.6 is 0 Å². The summed E-state index contributed by atoms with van der Waals surface area (Å²) in [5.74, 6) is -0.899. The molecular formula is C13H23N3O3. The van der Waals surface area contributed by atoms with Gasteiger partial charge in [0.15, 0.2) is 0 Å². The summed E-state index contributed by atoms with van der Waals surface area (Å²) in [6.45, 7) is 4.22. The second-order valence-corrected chi connectivity index (χ2v) is 5.32. The Morgan fingerprint density at radius 3 is 2.53 bits per heavy atom. The number of piperidine rings is 1. The molecule has 2 aliphatic heterocycles. The van der Waals surface area contributed by atoms with E-state index in [2.05, 4.69) is 10.2 Å². The van der Waals surface area contributed by atoms with Crippen LogP contribution in [-0.4, -0.2) is 65.7 Å². The van der Waals surface area contributed by atoms with Crippen molar-refractivity contribution < 1.29 is 14.7 Å². The molecular weight excluding hydrogens is 246 g/mol. The van der Waals surface area contributed by atoms with Crippen molar-refractivity contribution in [2.45, 2.75) is 38.1 Å². The van der Waals surface area contributed by atoms with Crippen molar-refractivity contribution in [2.24, 2.45) is 0 Å². The van der Waals surface area contributed by atoms with E-state index in [1.165, 1.54) is 24.2 Å². The molecule has 0 aromatic heterocycles. The average molecular weight is 269 g/mol. The number of carboxylic acids is 1. The molecule has 0 radical (unpaired) electrons. The molecule has 2 aliphatic rings. The van der Waals surface area contributed by atoms with Gasteiger partial charge >= 0.3 is 12.0 Å². The molecule has 2 saturated heterocycles. The highest BCUT2D eigenvalue weighted by Crippen LogP contribution is 2.17. The number of hydrogen-bond acceptors (Lipinski definition) is 3. The number of aliphatic carboxylic acids is 1. The predicted molar refractivity (Wildman–Crippen MR) is 71.1 cm³/mol. The van der Waals surface area contributed by atoms with Gasteiger partial charge in [-0.2, -0.15) is 0 Å². The smallest absolute Gasteiger partial charge is 0.326 e. The number of nitrogens with zero attached hydrogens (tertiary/aromatic N) is 2. The molecule has 2 fully saturated rings. The third-order valence-corrected chi connectivity index (χ3v) is 3.95. The Labute approximate surface area is 113 Å². The van der Waals surface area contributed by atoms with Crippen LogP contribution in [-0.2, 0) is 4.79 Å². The Hall–Kier alpha value is -1.30. The number of nitrogens with one attached hydrogen (secondary N) is 1. The lowest BCUT2D eigenvalue weighted by Gasteiger charge is -2.27. The van der Waals surface area contributed by atoms with Crippen LogP contribution < -0.4 is 5.32 Å². The van der Waals surface area contributed by atoms with E-state index in [0.29, 0.717) is 19.5 Å². The number of amides is 2. The van der Waals surface area contributed by atoms with E-state index < -0.39 is 12.0 Å². The fourth-order valence-electron chi connectivity index (χ4n) is 2.87. The number of urea groups is 1. The molecule has 0 bridgehead atoms. The lowest BCUT2D eigenvalue weighted by molar-refractivity contribution is -0.141. The molecule has 2 amide bonds. The van der Waals surface area contributed by atoms with Gasteiger partial charge in [-0.1, -0.05) is 6.42 Å². The number of likely N-dealkylation sites (tertiary alicyclic amines) is 2. The maximum Gasteiger partial charge on any atom is 0.326 e. The molecule has 108 valence electrons. The molecule has 0 aliphatic carbocycles. The highest BCUT2D eigenvalue weighted by Gasteiger charge is 2.33. The quantitative estimate of drug-likeness (QED) is 0.789. The third kappa shape index (κ3) is 3.83. The molecule has 19 heavy (non-hydrogen) atoms. The Kier molecular flexibility index (Phi) is 5.01. The zero-order valence-corrected chi connectivity index (χ0v) is 11.3. The van der Waals surface area contributed by atoms with E-state index in [9.17, 15) is 9.59 Å². The van der Waals surface area contributed by atoms with Crippen LogP contribution in [0.2, 0.25) is 0 Å². The number of carboxylic acid groups (broad SMARTS) is 1. The standard InChI is InChI=1S/C13H23N3O3/c17-12(18)11-5-4-9-16(11)13(19)14-6-10-15-7-2-1-3-8-15/h11H,1-10H2,(H,14,19)(H,17,18). The van der Waals surface area contributed by atoms with Crippen molar-refractivity contribution in [1.82, 2.24) is 15.1 Å². The van der Waals surface area contributed by atoms with Gasteiger partial charge in [0, 0.05) is 19.6 Å². The summed E-state index contributed by atoms with van der Waals surface area (Å²) in [7, 11) is 0. The highest BCUT2D eigenvalue weighted by atomic mass is 16.4. The first-order valence-electron chi connectivity index (χ1n) is 7.18. The molecule has 1 atom stereocenters. The lowest BCUT2D eigenvalue weighted by atomic mass is 10.1. The van der Waals surface area contributed by atoms with Crippen LogP contribution in [0.5, 0.6) is 0 Å². The minimum Gasteiger partial charge on any atom is -0.480 e. The van der Waals surface area contributed by atoms with Gasteiger partial charge in [-0.3, -0.25) is 0 Å². The summed E-state index contributed by atoms with van der Waals surface area (Å²) < 4.78 is 0. The molecule has 6 nitrogen and oxygen atoms in total. The minimum absolute atomic E-state index is 0.234. The summed E-state index contributed by atoms with van der Waals surface area (Å²) in [6.07, 6.45) is 5.12. The van der Waals surface area contributed by atoms with Crippen LogP contribution in [0.4, 0.5) is 4.79 Å². The summed E-state index contributed by atoms with van der Waals surface area (Å²) in [5, 5.41) is 11.9. The van der Waals surface area contributed by atoms with Gasteiger partial charge in [0.2, 0.25) is 0 Å². The molecule has 2 rings (SSSR count). The van der Waals surface area contributed by atoms with Crippen LogP contribution in [0.15, 0.2) is 0 Å². The summed E-state index contributed by atoms with van der Waals surface area (Å²) in [4.78, 5) is 26.7. The molecule has 2 heterocycles.